The van der Waals surface area contributed by atoms with E-state index in [0.29, 0.717) is 67.5 Å². The standard InChI is InChI=1S/C23H25N5O6S/c1-2-32-22(29)15-6-9-27(10-7-15)23-25-20(16-12-19(28(30)31)35-21(16)26-23)24-8-5-14-3-4-17-18(11-14)34-13-33-17/h3-4,11-12,15H,2,5-10,13H2,1H3,(H,24,25,26). The van der Waals surface area contributed by atoms with Crippen LogP contribution in [0.1, 0.15) is 25.3 Å². The summed E-state index contributed by atoms with van der Waals surface area (Å²) in [5.41, 5.74) is 1.07. The Morgan fingerprint density at radius 2 is 2.06 bits per heavy atom. The zero-order valence-corrected chi connectivity index (χ0v) is 20.0. The van der Waals surface area contributed by atoms with Crippen molar-refractivity contribution in [2.45, 2.75) is 26.2 Å². The third-order valence-corrected chi connectivity index (χ3v) is 7.07. The topological polar surface area (TPSA) is 129 Å². The average molecular weight is 500 g/mol. The van der Waals surface area contributed by atoms with Gasteiger partial charge < -0.3 is 24.4 Å². The number of nitrogens with zero attached hydrogens (tertiary/aromatic N) is 4. The molecule has 35 heavy (non-hydrogen) atoms. The minimum absolute atomic E-state index is 0.0197. The van der Waals surface area contributed by atoms with Crippen LogP contribution in [0.2, 0.25) is 0 Å². The highest BCUT2D eigenvalue weighted by atomic mass is 32.1. The lowest BCUT2D eigenvalue weighted by Gasteiger charge is -2.31. The molecule has 0 unspecified atom stereocenters. The number of esters is 1. The summed E-state index contributed by atoms with van der Waals surface area (Å²) in [5, 5.41) is 15.4. The Labute approximate surface area is 205 Å². The molecule has 1 aromatic carbocycles. The summed E-state index contributed by atoms with van der Waals surface area (Å²) in [7, 11) is 0. The van der Waals surface area contributed by atoms with Gasteiger partial charge in [-0.15, -0.1) is 0 Å². The quantitative estimate of drug-likeness (QED) is 0.278. The molecule has 0 aliphatic carbocycles. The van der Waals surface area contributed by atoms with Gasteiger partial charge in [-0.3, -0.25) is 14.9 Å². The molecule has 1 fully saturated rings. The van der Waals surface area contributed by atoms with Gasteiger partial charge in [0.2, 0.25) is 12.7 Å². The van der Waals surface area contributed by atoms with Crippen LogP contribution in [-0.4, -0.2) is 53.9 Å². The minimum Gasteiger partial charge on any atom is -0.466 e. The second kappa shape index (κ2) is 9.90. The van der Waals surface area contributed by atoms with E-state index in [1.165, 1.54) is 6.07 Å². The Balaban J connectivity index is 1.33. The summed E-state index contributed by atoms with van der Waals surface area (Å²) >= 11 is 1.03. The van der Waals surface area contributed by atoms with Gasteiger partial charge >= 0.3 is 11.0 Å². The number of thiophene rings is 1. The van der Waals surface area contributed by atoms with Gasteiger partial charge in [0.05, 0.1) is 22.8 Å². The molecule has 2 aromatic heterocycles. The second-order valence-electron chi connectivity index (χ2n) is 8.31. The third kappa shape index (κ3) is 4.92. The van der Waals surface area contributed by atoms with Gasteiger partial charge in [0.1, 0.15) is 10.6 Å². The molecule has 0 spiro atoms. The normalized spacial score (nSPS) is 15.4. The molecular weight excluding hydrogens is 474 g/mol. The van der Waals surface area contributed by atoms with Crippen molar-refractivity contribution in [3.8, 4) is 11.5 Å². The molecule has 5 rings (SSSR count). The first-order valence-electron chi connectivity index (χ1n) is 11.5. The summed E-state index contributed by atoms with van der Waals surface area (Å²) < 4.78 is 16.0. The number of aromatic nitrogens is 2. The summed E-state index contributed by atoms with van der Waals surface area (Å²) in [5.74, 6) is 2.24. The molecular formula is C23H25N5O6S. The van der Waals surface area contributed by atoms with Crippen LogP contribution in [0, 0.1) is 16.0 Å². The fraction of sp³-hybridized carbons (Fsp3) is 0.435. The number of carbonyl (C=O) groups is 1. The zero-order chi connectivity index (χ0) is 24.4. The van der Waals surface area contributed by atoms with Gasteiger partial charge in [0.25, 0.3) is 0 Å². The SMILES string of the molecule is CCOC(=O)C1CCN(c2nc(NCCc3ccc4c(c3)OCO4)c3cc([N+](=O)[O-])sc3n2)CC1. The first kappa shape index (κ1) is 23.1. The highest BCUT2D eigenvalue weighted by Gasteiger charge is 2.28. The lowest BCUT2D eigenvalue weighted by Crippen LogP contribution is -2.38. The molecule has 0 atom stereocenters. The fourth-order valence-electron chi connectivity index (χ4n) is 4.26. The molecule has 184 valence electrons. The van der Waals surface area contributed by atoms with E-state index < -0.39 is 4.92 Å². The molecule has 0 bridgehead atoms. The molecule has 2 aliphatic heterocycles. The van der Waals surface area contributed by atoms with Crippen molar-refractivity contribution >= 4 is 44.3 Å². The van der Waals surface area contributed by atoms with Crippen LogP contribution in [-0.2, 0) is 16.0 Å². The average Bonchev–Trinajstić information content (AvgIpc) is 3.51. The molecule has 0 saturated carbocycles. The number of hydrogen-bond acceptors (Lipinski definition) is 11. The van der Waals surface area contributed by atoms with Crippen molar-refractivity contribution in [3.05, 3.63) is 39.9 Å². The summed E-state index contributed by atoms with van der Waals surface area (Å²) in [6, 6.07) is 7.34. The van der Waals surface area contributed by atoms with Gasteiger partial charge in [-0.2, -0.15) is 4.98 Å². The lowest BCUT2D eigenvalue weighted by molar-refractivity contribution is -0.380. The van der Waals surface area contributed by atoms with E-state index in [1.54, 1.807) is 6.92 Å². The van der Waals surface area contributed by atoms with Crippen LogP contribution >= 0.6 is 11.3 Å². The van der Waals surface area contributed by atoms with Crippen molar-refractivity contribution in [2.75, 3.05) is 43.3 Å². The van der Waals surface area contributed by atoms with Crippen LogP contribution in [0.4, 0.5) is 16.8 Å². The monoisotopic (exact) mass is 499 g/mol. The number of anilines is 2. The Hall–Kier alpha value is -3.67. The molecule has 0 radical (unpaired) electrons. The first-order valence-corrected chi connectivity index (χ1v) is 12.3. The van der Waals surface area contributed by atoms with E-state index in [4.69, 9.17) is 19.2 Å². The number of fused-ring (bicyclic) bond motifs is 2. The second-order valence-corrected chi connectivity index (χ2v) is 9.32. The number of ether oxygens (including phenoxy) is 3. The van der Waals surface area contributed by atoms with E-state index in [9.17, 15) is 14.9 Å². The maximum Gasteiger partial charge on any atom is 0.326 e. The smallest absolute Gasteiger partial charge is 0.326 e. The molecule has 1 N–H and O–H groups in total. The van der Waals surface area contributed by atoms with Crippen molar-refractivity contribution < 1.29 is 23.9 Å². The van der Waals surface area contributed by atoms with Gasteiger partial charge in [-0.25, -0.2) is 4.98 Å². The maximum absolute atomic E-state index is 12.1. The number of hydrogen-bond donors (Lipinski definition) is 1. The molecule has 11 nitrogen and oxygen atoms in total. The maximum atomic E-state index is 12.1. The van der Waals surface area contributed by atoms with E-state index in [1.807, 2.05) is 23.1 Å². The summed E-state index contributed by atoms with van der Waals surface area (Å²) in [6.07, 6.45) is 2.00. The highest BCUT2D eigenvalue weighted by molar-refractivity contribution is 7.21. The van der Waals surface area contributed by atoms with Crippen LogP contribution in [0.15, 0.2) is 24.3 Å². The van der Waals surface area contributed by atoms with Gasteiger partial charge in [-0.1, -0.05) is 6.07 Å². The van der Waals surface area contributed by atoms with Crippen LogP contribution in [0.5, 0.6) is 11.5 Å². The Kier molecular flexibility index (Phi) is 6.53. The van der Waals surface area contributed by atoms with Crippen molar-refractivity contribution in [1.82, 2.24) is 9.97 Å². The fourth-order valence-corrected chi connectivity index (χ4v) is 5.10. The number of rotatable bonds is 8. The Morgan fingerprint density at radius 3 is 2.83 bits per heavy atom. The van der Waals surface area contributed by atoms with E-state index in [2.05, 4.69) is 10.3 Å². The van der Waals surface area contributed by atoms with E-state index in [0.717, 1.165) is 28.4 Å². The van der Waals surface area contributed by atoms with Crippen molar-refractivity contribution in [3.63, 3.8) is 0 Å². The molecule has 1 saturated heterocycles. The van der Waals surface area contributed by atoms with Crippen molar-refractivity contribution in [2.24, 2.45) is 5.92 Å². The number of carbonyl (C=O) groups excluding carboxylic acids is 1. The molecule has 4 heterocycles. The van der Waals surface area contributed by atoms with E-state index in [-0.39, 0.29) is 23.7 Å². The molecule has 2 aliphatic rings. The number of nitro groups is 1. The number of benzene rings is 1. The predicted octanol–water partition coefficient (Wildman–Crippen LogP) is 3.76. The Bertz CT molecular complexity index is 1260. The lowest BCUT2D eigenvalue weighted by atomic mass is 9.97. The van der Waals surface area contributed by atoms with Crippen LogP contribution < -0.4 is 19.7 Å². The molecule has 0 amide bonds. The Morgan fingerprint density at radius 1 is 1.26 bits per heavy atom. The summed E-state index contributed by atoms with van der Waals surface area (Å²) in [4.78, 5) is 35.0. The van der Waals surface area contributed by atoms with Crippen LogP contribution in [0.25, 0.3) is 10.2 Å². The largest absolute Gasteiger partial charge is 0.466 e. The number of nitrogens with one attached hydrogen (secondary N) is 1. The highest BCUT2D eigenvalue weighted by Crippen LogP contribution is 2.36. The van der Waals surface area contributed by atoms with Gasteiger partial charge in [-0.05, 0) is 55.2 Å². The minimum atomic E-state index is -0.409. The molecule has 3 aromatic rings. The van der Waals surface area contributed by atoms with Gasteiger partial charge in [0, 0.05) is 25.7 Å². The first-order chi connectivity index (χ1) is 17.0. The van der Waals surface area contributed by atoms with Gasteiger partial charge in [0.15, 0.2) is 11.5 Å². The van der Waals surface area contributed by atoms with Crippen LogP contribution in [0.3, 0.4) is 0 Å². The predicted molar refractivity (Wildman–Crippen MR) is 130 cm³/mol. The van der Waals surface area contributed by atoms with Crippen molar-refractivity contribution in [1.29, 1.82) is 0 Å². The molecule has 12 heteroatoms. The third-order valence-electron chi connectivity index (χ3n) is 6.09. The zero-order valence-electron chi connectivity index (χ0n) is 19.2. The van der Waals surface area contributed by atoms with E-state index >= 15 is 0 Å². The number of piperidine rings is 1. The summed E-state index contributed by atoms with van der Waals surface area (Å²) in [6.45, 7) is 4.19.